The second-order valence-electron chi connectivity index (χ2n) is 19.4. The highest BCUT2D eigenvalue weighted by Gasteiger charge is 2.42. The van der Waals surface area contributed by atoms with E-state index in [9.17, 15) is 0 Å². The van der Waals surface area contributed by atoms with Gasteiger partial charge in [0.2, 0.25) is 5.95 Å². The molecule has 3 heterocycles. The first-order valence-electron chi connectivity index (χ1n) is 25.9. The SMILES string of the molecule is C=C/C=C\C=C(/C)c1ccc2c(c1)c1ccccc1n2-c1nc(-c2cccc(-n3c4ccccc4c4ccccc43)c2)cc(-c2cccc([Si](c3ccccc3)(c3ccccc3)c3cccc(-c4ccccc4)c3)c2)n1. The average Bonchev–Trinajstić information content (AvgIpc) is 4.13. The van der Waals surface area contributed by atoms with E-state index < -0.39 is 8.07 Å². The summed E-state index contributed by atoms with van der Waals surface area (Å²) in [7, 11) is -3.02. The monoisotopic (exact) mass is 988 g/mol. The average molecular weight is 989 g/mol. The van der Waals surface area contributed by atoms with E-state index in [2.05, 4.69) is 290 Å². The maximum Gasteiger partial charge on any atom is 0.235 e. The normalized spacial score (nSPS) is 12.1. The van der Waals surface area contributed by atoms with Crippen molar-refractivity contribution in [2.45, 2.75) is 6.92 Å². The number of aromatic nitrogens is 4. The topological polar surface area (TPSA) is 35.6 Å². The molecule has 3 aromatic heterocycles. The Morgan fingerprint density at radius 2 is 0.842 bits per heavy atom. The van der Waals surface area contributed by atoms with E-state index in [1.54, 1.807) is 6.08 Å². The van der Waals surface area contributed by atoms with Gasteiger partial charge in [-0.05, 0) is 98.5 Å². The molecule has 0 amide bonds. The van der Waals surface area contributed by atoms with Crippen LogP contribution in [-0.2, 0) is 0 Å². The summed E-state index contributed by atoms with van der Waals surface area (Å²) >= 11 is 0. The van der Waals surface area contributed by atoms with Crippen LogP contribution in [0.3, 0.4) is 0 Å². The van der Waals surface area contributed by atoms with Crippen molar-refractivity contribution in [1.82, 2.24) is 19.1 Å². The third kappa shape index (κ3) is 8.02. The number of hydrogen-bond donors (Lipinski definition) is 0. The van der Waals surface area contributed by atoms with Crippen LogP contribution in [0.5, 0.6) is 0 Å². The van der Waals surface area contributed by atoms with Gasteiger partial charge in [0.1, 0.15) is 0 Å². The number of rotatable bonds is 12. The van der Waals surface area contributed by atoms with Crippen LogP contribution in [0.15, 0.2) is 292 Å². The predicted molar refractivity (Wildman–Crippen MR) is 324 cm³/mol. The number of fused-ring (bicyclic) bond motifs is 6. The number of para-hydroxylation sites is 3. The predicted octanol–water partition coefficient (Wildman–Crippen LogP) is 15.2. The summed E-state index contributed by atoms with van der Waals surface area (Å²) in [5.74, 6) is 0.602. The summed E-state index contributed by atoms with van der Waals surface area (Å²) in [5.41, 5.74) is 13.8. The number of hydrogen-bond acceptors (Lipinski definition) is 2. The molecule has 0 aliphatic heterocycles. The molecule has 10 aromatic carbocycles. The Kier molecular flexibility index (Phi) is 11.9. The zero-order chi connectivity index (χ0) is 51.0. The number of allylic oxidation sites excluding steroid dienone is 5. The minimum Gasteiger partial charge on any atom is -0.309 e. The van der Waals surface area contributed by atoms with Gasteiger partial charge in [-0.1, -0.05) is 243 Å². The van der Waals surface area contributed by atoms with Crippen molar-refractivity contribution < 1.29 is 0 Å². The molecule has 0 spiro atoms. The molecule has 0 unspecified atom stereocenters. The molecule has 76 heavy (non-hydrogen) atoms. The van der Waals surface area contributed by atoms with E-state index in [-0.39, 0.29) is 0 Å². The Morgan fingerprint density at radius 3 is 1.45 bits per heavy atom. The third-order valence-electron chi connectivity index (χ3n) is 15.0. The fourth-order valence-electron chi connectivity index (χ4n) is 11.5. The molecule has 360 valence electrons. The summed E-state index contributed by atoms with van der Waals surface area (Å²) < 4.78 is 4.62. The van der Waals surface area contributed by atoms with Gasteiger partial charge < -0.3 is 4.57 Å². The van der Waals surface area contributed by atoms with Gasteiger partial charge in [-0.25, -0.2) is 9.97 Å². The lowest BCUT2D eigenvalue weighted by atomic mass is 10.0. The molecule has 0 radical (unpaired) electrons. The summed E-state index contributed by atoms with van der Waals surface area (Å²) in [6, 6.07) is 95.2. The first-order valence-corrected chi connectivity index (χ1v) is 27.9. The van der Waals surface area contributed by atoms with Crippen molar-refractivity contribution >= 4 is 78.0 Å². The molecule has 0 aliphatic carbocycles. The Labute approximate surface area is 444 Å². The molecule has 0 aliphatic rings. The minimum atomic E-state index is -3.02. The summed E-state index contributed by atoms with van der Waals surface area (Å²) in [6.45, 7) is 6.01. The van der Waals surface area contributed by atoms with Crippen molar-refractivity contribution in [3.63, 3.8) is 0 Å². The van der Waals surface area contributed by atoms with Crippen molar-refractivity contribution in [1.29, 1.82) is 0 Å². The van der Waals surface area contributed by atoms with Gasteiger partial charge in [-0.2, -0.15) is 0 Å². The smallest absolute Gasteiger partial charge is 0.235 e. The Morgan fingerprint density at radius 1 is 0.382 bits per heavy atom. The van der Waals surface area contributed by atoms with E-state index >= 15 is 0 Å². The molecule has 13 rings (SSSR count). The van der Waals surface area contributed by atoms with Crippen LogP contribution in [0.25, 0.3) is 94.5 Å². The summed E-state index contributed by atoms with van der Waals surface area (Å²) in [6.07, 6.45) is 7.93. The molecular weight excluding hydrogens is 937 g/mol. The molecule has 0 saturated carbocycles. The lowest BCUT2D eigenvalue weighted by Gasteiger charge is -2.35. The van der Waals surface area contributed by atoms with Crippen LogP contribution in [0, 0.1) is 0 Å². The van der Waals surface area contributed by atoms with Gasteiger partial charge in [0.15, 0.2) is 8.07 Å². The third-order valence-corrected chi connectivity index (χ3v) is 19.8. The zero-order valence-electron chi connectivity index (χ0n) is 42.1. The fourth-order valence-corrected chi connectivity index (χ4v) is 16.3. The number of benzene rings is 10. The summed E-state index contributed by atoms with van der Waals surface area (Å²) in [5, 5.41) is 9.90. The molecular formula is C71H52N4Si. The quantitative estimate of drug-likeness (QED) is 0.0695. The standard InChI is InChI=1S/C71H52N4Si/c1-3-4-8-24-50(2)52-43-44-70-64(48-52)63-39-17-20-42-69(63)75(70)71-72-65(54-28-21-30-56(45-54)74-67-40-18-15-37-61(67)62-38-16-19-41-68(62)74)49-66(73-71)55-29-23-36-60(47-55)76(57-31-11-6-12-32-57,58-33-13-7-14-34-58)59-35-22-27-53(46-59)51-25-9-5-10-26-51/h3-49H,1H2,2H3/b8-4-,50-24+. The van der Waals surface area contributed by atoms with Gasteiger partial charge in [-0.3, -0.25) is 4.57 Å². The van der Waals surface area contributed by atoms with Crippen LogP contribution in [-0.4, -0.2) is 27.2 Å². The van der Waals surface area contributed by atoms with Gasteiger partial charge in [0, 0.05) is 38.4 Å². The van der Waals surface area contributed by atoms with Crippen LogP contribution < -0.4 is 20.7 Å². The van der Waals surface area contributed by atoms with Crippen molar-refractivity contribution in [2.24, 2.45) is 0 Å². The molecule has 0 atom stereocenters. The Bertz CT molecular complexity index is 4280. The Balaban J connectivity index is 1.06. The zero-order valence-corrected chi connectivity index (χ0v) is 43.1. The Hall–Kier alpha value is -9.68. The second kappa shape index (κ2) is 19.6. The lowest BCUT2D eigenvalue weighted by Crippen LogP contribution is -2.74. The van der Waals surface area contributed by atoms with E-state index in [0.717, 1.165) is 72.2 Å². The number of nitrogens with zero attached hydrogens (tertiary/aromatic N) is 4. The highest BCUT2D eigenvalue weighted by atomic mass is 28.3. The minimum absolute atomic E-state index is 0.602. The van der Waals surface area contributed by atoms with E-state index in [1.807, 2.05) is 12.2 Å². The van der Waals surface area contributed by atoms with Gasteiger partial charge in [-0.15, -0.1) is 0 Å². The second-order valence-corrected chi connectivity index (χ2v) is 23.2. The molecule has 13 aromatic rings. The largest absolute Gasteiger partial charge is 0.309 e. The van der Waals surface area contributed by atoms with Gasteiger partial charge in [0.05, 0.1) is 33.5 Å². The molecule has 4 nitrogen and oxygen atoms in total. The van der Waals surface area contributed by atoms with Crippen LogP contribution in [0.4, 0.5) is 0 Å². The molecule has 0 bridgehead atoms. The molecule has 5 heteroatoms. The first-order chi connectivity index (χ1) is 37.6. The van der Waals surface area contributed by atoms with E-state index in [1.165, 1.54) is 42.6 Å². The van der Waals surface area contributed by atoms with Gasteiger partial charge >= 0.3 is 0 Å². The van der Waals surface area contributed by atoms with Gasteiger partial charge in [0.25, 0.3) is 0 Å². The van der Waals surface area contributed by atoms with Crippen LogP contribution in [0.2, 0.25) is 0 Å². The highest BCUT2D eigenvalue weighted by molar-refractivity contribution is 7.20. The first kappa shape index (κ1) is 46.1. The highest BCUT2D eigenvalue weighted by Crippen LogP contribution is 2.37. The molecule has 0 fully saturated rings. The van der Waals surface area contributed by atoms with Crippen molar-refractivity contribution in [3.05, 3.63) is 297 Å². The lowest BCUT2D eigenvalue weighted by molar-refractivity contribution is 0.995. The molecule has 0 saturated heterocycles. The van der Waals surface area contributed by atoms with E-state index in [4.69, 9.17) is 9.97 Å². The maximum atomic E-state index is 5.66. The summed E-state index contributed by atoms with van der Waals surface area (Å²) in [4.78, 5) is 11.3. The molecule has 0 N–H and O–H groups in total. The maximum absolute atomic E-state index is 5.66. The van der Waals surface area contributed by atoms with Crippen molar-refractivity contribution in [3.8, 4) is 45.3 Å². The van der Waals surface area contributed by atoms with Crippen molar-refractivity contribution in [2.75, 3.05) is 0 Å². The fraction of sp³-hybridized carbons (Fsp3) is 0.0141. The van der Waals surface area contributed by atoms with Crippen LogP contribution >= 0.6 is 0 Å². The van der Waals surface area contributed by atoms with E-state index in [0.29, 0.717) is 5.95 Å². The van der Waals surface area contributed by atoms with Crippen LogP contribution in [0.1, 0.15) is 12.5 Å².